The Bertz CT molecular complexity index is 1350. The standard InChI is InChI=1S/C35H60N6O7S/c1-34(2,3)26(21-40(5)49(6,47)48)38-33(46)39-29(35(4)17-8-7-9-18-35)32(45)41-19-16-24(15-14-22-10-11-22)27(41)31(44)37-25(20-23-12-13-23)28(42)30(36)43/h22-27,29H,7-21H2,1-6H3,(H2,36,43)(H,37,44)(H2,38,39,46)/t24-,25?,26+,27-,29+/m0/s1. The van der Waals surface area contributed by atoms with Crippen molar-refractivity contribution in [3.8, 4) is 0 Å². The Kier molecular flexibility index (Phi) is 12.5. The Labute approximate surface area is 292 Å². The van der Waals surface area contributed by atoms with Gasteiger partial charge in [0.05, 0.1) is 12.3 Å². The molecule has 13 nitrogen and oxygen atoms in total. The predicted octanol–water partition coefficient (Wildman–Crippen LogP) is 2.68. The fraction of sp³-hybridized carbons (Fsp3) is 0.857. The first-order chi connectivity index (χ1) is 22.8. The SMILES string of the molecule is CN(C[C@@H](NC(=O)N[C@H](C(=O)N1CC[C@H](CCC2CC2)[C@H]1C(=O)NC(CC1CC1)C(=O)C(N)=O)C1(C)CCCCC1)C(C)(C)C)S(C)(=O)=O. The number of carbonyl (C=O) groups is 5. The Morgan fingerprint density at radius 1 is 0.918 bits per heavy atom. The molecular formula is C35H60N6O7S. The zero-order chi connectivity index (χ0) is 36.3. The zero-order valence-corrected chi connectivity index (χ0v) is 31.2. The molecule has 1 saturated heterocycles. The van der Waals surface area contributed by atoms with Gasteiger partial charge in [-0.2, -0.15) is 0 Å². The Balaban J connectivity index is 1.60. The highest BCUT2D eigenvalue weighted by atomic mass is 32.2. The van der Waals surface area contributed by atoms with Gasteiger partial charge in [-0.3, -0.25) is 19.2 Å². The topological polar surface area (TPSA) is 188 Å². The maximum atomic E-state index is 14.8. The first kappa shape index (κ1) is 39.1. The second-order valence-corrected chi connectivity index (χ2v) is 18.8. The molecule has 1 aliphatic heterocycles. The normalized spacial score (nSPS) is 24.5. The summed E-state index contributed by atoms with van der Waals surface area (Å²) in [6.07, 6.45) is 12.2. The third kappa shape index (κ3) is 10.6. The molecule has 0 aromatic carbocycles. The molecule has 278 valence electrons. The monoisotopic (exact) mass is 708 g/mol. The molecule has 0 spiro atoms. The van der Waals surface area contributed by atoms with Crippen molar-refractivity contribution in [3.63, 3.8) is 0 Å². The molecule has 0 aromatic heterocycles. The summed E-state index contributed by atoms with van der Waals surface area (Å²) in [7, 11) is -2.03. The first-order valence-electron chi connectivity index (χ1n) is 18.2. The van der Waals surface area contributed by atoms with Crippen molar-refractivity contribution in [2.75, 3.05) is 26.4 Å². The molecule has 4 aliphatic rings. The van der Waals surface area contributed by atoms with Gasteiger partial charge in [0.2, 0.25) is 27.6 Å². The maximum Gasteiger partial charge on any atom is 0.315 e. The number of rotatable bonds is 16. The summed E-state index contributed by atoms with van der Waals surface area (Å²) < 4.78 is 25.6. The molecule has 4 fully saturated rings. The lowest BCUT2D eigenvalue weighted by molar-refractivity contribution is -0.145. The number of amides is 5. The lowest BCUT2D eigenvalue weighted by Crippen LogP contribution is -2.63. The van der Waals surface area contributed by atoms with E-state index in [2.05, 4.69) is 16.0 Å². The summed E-state index contributed by atoms with van der Waals surface area (Å²) in [6.45, 7) is 8.13. The van der Waals surface area contributed by atoms with Crippen molar-refractivity contribution >= 4 is 39.6 Å². The van der Waals surface area contributed by atoms with Crippen LogP contribution in [0.25, 0.3) is 0 Å². The number of likely N-dealkylation sites (N-methyl/N-ethyl adjacent to an activating group) is 1. The van der Waals surface area contributed by atoms with Gasteiger partial charge in [0.1, 0.15) is 12.1 Å². The average molecular weight is 709 g/mol. The van der Waals surface area contributed by atoms with E-state index in [0.717, 1.165) is 76.9 Å². The number of nitrogens with zero attached hydrogens (tertiary/aromatic N) is 2. The van der Waals surface area contributed by atoms with Crippen molar-refractivity contribution < 1.29 is 32.4 Å². The number of hydrogen-bond acceptors (Lipinski definition) is 7. The number of sulfonamides is 1. The van der Waals surface area contributed by atoms with Gasteiger partial charge in [-0.15, -0.1) is 0 Å². The lowest BCUT2D eigenvalue weighted by Gasteiger charge is -2.43. The van der Waals surface area contributed by atoms with Crippen LogP contribution >= 0.6 is 0 Å². The van der Waals surface area contributed by atoms with Crippen molar-refractivity contribution in [2.45, 2.75) is 135 Å². The van der Waals surface area contributed by atoms with Crippen molar-refractivity contribution in [3.05, 3.63) is 0 Å². The molecule has 49 heavy (non-hydrogen) atoms. The number of Topliss-reactive ketones (excluding diaryl/α,β-unsaturated/α-hetero) is 1. The molecule has 14 heteroatoms. The Hall–Kier alpha value is -2.74. The minimum Gasteiger partial charge on any atom is -0.363 e. The summed E-state index contributed by atoms with van der Waals surface area (Å²) >= 11 is 0. The summed E-state index contributed by atoms with van der Waals surface area (Å²) in [5.41, 5.74) is 4.29. The molecule has 0 aromatic rings. The second-order valence-electron chi connectivity index (χ2n) is 16.7. The Morgan fingerprint density at radius 2 is 1.53 bits per heavy atom. The summed E-state index contributed by atoms with van der Waals surface area (Å²) in [5, 5.41) is 8.80. The van der Waals surface area contributed by atoms with Crippen LogP contribution in [-0.2, 0) is 29.2 Å². The highest BCUT2D eigenvalue weighted by molar-refractivity contribution is 7.88. The van der Waals surface area contributed by atoms with E-state index in [1.807, 2.05) is 27.7 Å². The highest BCUT2D eigenvalue weighted by Gasteiger charge is 2.49. The number of likely N-dealkylation sites (tertiary alicyclic amines) is 1. The minimum absolute atomic E-state index is 0.0503. The smallest absolute Gasteiger partial charge is 0.315 e. The highest BCUT2D eigenvalue weighted by Crippen LogP contribution is 2.42. The van der Waals surface area contributed by atoms with Crippen molar-refractivity contribution in [2.24, 2.45) is 34.3 Å². The van der Waals surface area contributed by atoms with Crippen LogP contribution in [-0.4, -0.2) is 97.7 Å². The van der Waals surface area contributed by atoms with Crippen LogP contribution in [0.2, 0.25) is 0 Å². The quantitative estimate of drug-likeness (QED) is 0.177. The van der Waals surface area contributed by atoms with Gasteiger partial charge in [0, 0.05) is 26.2 Å². The number of carbonyl (C=O) groups excluding carboxylic acids is 5. The van der Waals surface area contributed by atoms with Crippen molar-refractivity contribution in [1.82, 2.24) is 25.2 Å². The molecule has 0 radical (unpaired) electrons. The number of urea groups is 1. The molecule has 1 unspecified atom stereocenters. The number of nitrogens with one attached hydrogen (secondary N) is 3. The average Bonchev–Trinajstić information content (AvgIpc) is 3.95. The van der Waals surface area contributed by atoms with Crippen LogP contribution in [0.3, 0.4) is 0 Å². The van der Waals surface area contributed by atoms with E-state index in [-0.39, 0.29) is 24.3 Å². The van der Waals surface area contributed by atoms with Crippen LogP contribution in [0.15, 0.2) is 0 Å². The number of hydrogen-bond donors (Lipinski definition) is 4. The summed E-state index contributed by atoms with van der Waals surface area (Å²) in [5.74, 6) is -1.97. The van der Waals surface area contributed by atoms with E-state index in [1.54, 1.807) is 4.90 Å². The van der Waals surface area contributed by atoms with E-state index in [9.17, 15) is 32.4 Å². The lowest BCUT2D eigenvalue weighted by atomic mass is 9.70. The number of nitrogens with two attached hydrogens (primary N) is 1. The van der Waals surface area contributed by atoms with E-state index in [1.165, 1.54) is 11.4 Å². The van der Waals surface area contributed by atoms with Gasteiger partial charge in [-0.25, -0.2) is 17.5 Å². The second kappa shape index (κ2) is 15.7. The molecule has 5 atom stereocenters. The number of ketones is 1. The van der Waals surface area contributed by atoms with Gasteiger partial charge in [0.15, 0.2) is 0 Å². The van der Waals surface area contributed by atoms with Crippen LogP contribution in [0.5, 0.6) is 0 Å². The third-order valence-corrected chi connectivity index (χ3v) is 12.7. The molecule has 5 N–H and O–H groups in total. The summed E-state index contributed by atoms with van der Waals surface area (Å²) in [4.78, 5) is 69.0. The molecular weight excluding hydrogens is 648 g/mol. The first-order valence-corrected chi connectivity index (χ1v) is 20.1. The van der Waals surface area contributed by atoms with Gasteiger partial charge < -0.3 is 26.6 Å². The van der Waals surface area contributed by atoms with Crippen LogP contribution in [0.4, 0.5) is 4.79 Å². The molecule has 3 aliphatic carbocycles. The molecule has 4 rings (SSSR count). The van der Waals surface area contributed by atoms with Gasteiger partial charge in [-0.05, 0) is 60.7 Å². The fourth-order valence-corrected chi connectivity index (χ4v) is 7.99. The predicted molar refractivity (Wildman–Crippen MR) is 186 cm³/mol. The molecule has 5 amide bonds. The minimum atomic E-state index is -3.50. The van der Waals surface area contributed by atoms with E-state index in [0.29, 0.717) is 25.3 Å². The van der Waals surface area contributed by atoms with Gasteiger partial charge >= 0.3 is 6.03 Å². The molecule has 0 bridgehead atoms. The van der Waals surface area contributed by atoms with Gasteiger partial charge in [-0.1, -0.05) is 79.1 Å². The molecule has 3 saturated carbocycles. The van der Waals surface area contributed by atoms with E-state index < -0.39 is 68.6 Å². The van der Waals surface area contributed by atoms with Crippen LogP contribution in [0.1, 0.15) is 111 Å². The number of primary amides is 1. The van der Waals surface area contributed by atoms with Crippen molar-refractivity contribution in [1.29, 1.82) is 0 Å². The van der Waals surface area contributed by atoms with Crippen LogP contribution < -0.4 is 21.7 Å². The van der Waals surface area contributed by atoms with E-state index >= 15 is 0 Å². The van der Waals surface area contributed by atoms with Gasteiger partial charge in [0.25, 0.3) is 5.91 Å². The summed E-state index contributed by atoms with van der Waals surface area (Å²) in [6, 6.07) is -3.96. The third-order valence-electron chi connectivity index (χ3n) is 11.4. The Morgan fingerprint density at radius 3 is 2.06 bits per heavy atom. The zero-order valence-electron chi connectivity index (χ0n) is 30.4. The van der Waals surface area contributed by atoms with Crippen LogP contribution in [0, 0.1) is 28.6 Å². The fourth-order valence-electron chi connectivity index (χ4n) is 7.57. The molecule has 1 heterocycles. The largest absolute Gasteiger partial charge is 0.363 e. The van der Waals surface area contributed by atoms with E-state index in [4.69, 9.17) is 5.73 Å². The maximum absolute atomic E-state index is 14.8.